The van der Waals surface area contributed by atoms with Crippen molar-refractivity contribution in [2.45, 2.75) is 4.90 Å². The highest BCUT2D eigenvalue weighted by Crippen LogP contribution is 2.35. The Bertz CT molecular complexity index is 605. The Morgan fingerprint density at radius 2 is 1.88 bits per heavy atom. The Hall–Kier alpha value is -2.20. The molecule has 10 heteroatoms. The molecule has 0 aliphatic carbocycles. The molecule has 0 heterocycles. The molecule has 0 saturated carbocycles. The summed E-state index contributed by atoms with van der Waals surface area (Å²) in [6.45, 7) is 0. The highest BCUT2D eigenvalue weighted by molar-refractivity contribution is 7.86. The SMILES string of the molecule is O=C(O)c1ccc(S(=O)(=O)O)c(O)c1[N+](=O)[O-]. The molecule has 0 atom stereocenters. The molecule has 1 rings (SSSR count). The van der Waals surface area contributed by atoms with Gasteiger partial charge in [0.25, 0.3) is 10.1 Å². The number of nitrogens with zero attached hydrogens (tertiary/aromatic N) is 1. The van der Waals surface area contributed by atoms with Crippen LogP contribution in [0, 0.1) is 10.1 Å². The van der Waals surface area contributed by atoms with Gasteiger partial charge in [-0.15, -0.1) is 0 Å². The lowest BCUT2D eigenvalue weighted by Crippen LogP contribution is -2.06. The Labute approximate surface area is 93.8 Å². The van der Waals surface area contributed by atoms with E-state index >= 15 is 0 Å². The van der Waals surface area contributed by atoms with E-state index in [1.807, 2.05) is 0 Å². The maximum Gasteiger partial charge on any atom is 0.342 e. The van der Waals surface area contributed by atoms with Crippen LogP contribution in [0.5, 0.6) is 5.75 Å². The van der Waals surface area contributed by atoms with Gasteiger partial charge in [0.15, 0.2) is 0 Å². The zero-order valence-electron chi connectivity index (χ0n) is 7.89. The Morgan fingerprint density at radius 3 is 2.24 bits per heavy atom. The normalized spacial score (nSPS) is 11.1. The molecule has 0 aromatic heterocycles. The van der Waals surface area contributed by atoms with Gasteiger partial charge in [0.2, 0.25) is 5.75 Å². The molecule has 0 aliphatic rings. The van der Waals surface area contributed by atoms with Gasteiger partial charge in [-0.25, -0.2) is 4.79 Å². The number of benzene rings is 1. The van der Waals surface area contributed by atoms with Crippen LogP contribution >= 0.6 is 0 Å². The van der Waals surface area contributed by atoms with Crippen molar-refractivity contribution in [3.63, 3.8) is 0 Å². The lowest BCUT2D eigenvalue weighted by molar-refractivity contribution is -0.386. The number of nitro groups is 1. The third-order valence-electron chi connectivity index (χ3n) is 1.81. The largest absolute Gasteiger partial charge is 0.501 e. The standard InChI is InChI=1S/C7H5NO8S/c9-6-4(17(14,15)16)2-1-3(7(10)11)5(6)8(12)13/h1-2,9H,(H,10,11)(H,14,15,16). The van der Waals surface area contributed by atoms with Crippen LogP contribution in [-0.4, -0.2) is 34.1 Å². The minimum absolute atomic E-state index is 0.557. The third-order valence-corrected chi connectivity index (χ3v) is 2.69. The fraction of sp³-hybridized carbons (Fsp3) is 0. The van der Waals surface area contributed by atoms with Gasteiger partial charge in [-0.3, -0.25) is 14.7 Å². The summed E-state index contributed by atoms with van der Waals surface area (Å²) in [4.78, 5) is 18.8. The highest BCUT2D eigenvalue weighted by atomic mass is 32.2. The van der Waals surface area contributed by atoms with Gasteiger partial charge in [0, 0.05) is 0 Å². The first-order valence-electron chi connectivity index (χ1n) is 3.87. The van der Waals surface area contributed by atoms with Gasteiger partial charge in [-0.1, -0.05) is 0 Å². The second-order valence-electron chi connectivity index (χ2n) is 2.85. The summed E-state index contributed by atoms with van der Waals surface area (Å²) in [5.74, 6) is -3.13. The second kappa shape index (κ2) is 3.99. The van der Waals surface area contributed by atoms with Gasteiger partial charge in [-0.2, -0.15) is 8.42 Å². The van der Waals surface area contributed by atoms with Crippen molar-refractivity contribution in [1.82, 2.24) is 0 Å². The van der Waals surface area contributed by atoms with E-state index in [1.54, 1.807) is 0 Å². The number of hydrogen-bond donors (Lipinski definition) is 3. The lowest BCUT2D eigenvalue weighted by atomic mass is 10.1. The first kappa shape index (κ1) is 12.9. The molecule has 0 unspecified atom stereocenters. The van der Waals surface area contributed by atoms with Crippen molar-refractivity contribution < 1.29 is 32.9 Å². The minimum Gasteiger partial charge on any atom is -0.501 e. The number of hydrogen-bond acceptors (Lipinski definition) is 6. The van der Waals surface area contributed by atoms with Crippen molar-refractivity contribution in [2.75, 3.05) is 0 Å². The van der Waals surface area contributed by atoms with Gasteiger partial charge >= 0.3 is 11.7 Å². The third kappa shape index (κ3) is 2.32. The summed E-state index contributed by atoms with van der Waals surface area (Å²) in [6, 6.07) is 1.16. The molecule has 0 fully saturated rings. The fourth-order valence-electron chi connectivity index (χ4n) is 1.13. The lowest BCUT2D eigenvalue weighted by Gasteiger charge is -2.04. The summed E-state index contributed by atoms with van der Waals surface area (Å²) in [5, 5.41) is 28.4. The van der Waals surface area contributed by atoms with Crippen molar-refractivity contribution in [2.24, 2.45) is 0 Å². The van der Waals surface area contributed by atoms with E-state index in [9.17, 15) is 28.4 Å². The summed E-state index contributed by atoms with van der Waals surface area (Å²) in [7, 11) is -4.88. The first-order valence-corrected chi connectivity index (χ1v) is 5.31. The fourth-order valence-corrected chi connectivity index (χ4v) is 1.71. The van der Waals surface area contributed by atoms with Crippen LogP contribution in [0.3, 0.4) is 0 Å². The molecular formula is C7H5NO8S. The van der Waals surface area contributed by atoms with Crippen LogP contribution < -0.4 is 0 Å². The predicted octanol–water partition coefficient (Wildman–Crippen LogP) is 0.245. The summed E-state index contributed by atoms with van der Waals surface area (Å²) in [5.41, 5.74) is -2.19. The Morgan fingerprint density at radius 1 is 1.35 bits per heavy atom. The topological polar surface area (TPSA) is 155 Å². The van der Waals surface area contributed by atoms with E-state index in [-0.39, 0.29) is 0 Å². The molecule has 17 heavy (non-hydrogen) atoms. The number of nitro benzene ring substituents is 1. The number of aromatic hydroxyl groups is 1. The van der Waals surface area contributed by atoms with Crippen LogP contribution in [0.2, 0.25) is 0 Å². The Balaban J connectivity index is 3.73. The van der Waals surface area contributed by atoms with Crippen LogP contribution in [-0.2, 0) is 10.1 Å². The second-order valence-corrected chi connectivity index (χ2v) is 4.24. The van der Waals surface area contributed by atoms with Crippen LogP contribution in [0.1, 0.15) is 10.4 Å². The maximum atomic E-state index is 10.7. The molecule has 0 spiro atoms. The number of carboxylic acids is 1. The quantitative estimate of drug-likeness (QED) is 0.398. The van der Waals surface area contributed by atoms with Crippen molar-refractivity contribution in [3.8, 4) is 5.75 Å². The van der Waals surface area contributed by atoms with Crippen LogP contribution in [0.15, 0.2) is 17.0 Å². The molecule has 1 aromatic carbocycles. The average molecular weight is 263 g/mol. The van der Waals surface area contributed by atoms with Crippen molar-refractivity contribution in [3.05, 3.63) is 27.8 Å². The molecule has 92 valence electrons. The van der Waals surface area contributed by atoms with Gasteiger partial charge in [0.05, 0.1) is 4.92 Å². The van der Waals surface area contributed by atoms with Crippen molar-refractivity contribution in [1.29, 1.82) is 0 Å². The number of phenols is 1. The molecule has 0 amide bonds. The van der Waals surface area contributed by atoms with Gasteiger partial charge in [0.1, 0.15) is 10.5 Å². The zero-order valence-corrected chi connectivity index (χ0v) is 8.71. The van der Waals surface area contributed by atoms with Crippen LogP contribution in [0.25, 0.3) is 0 Å². The highest BCUT2D eigenvalue weighted by Gasteiger charge is 2.30. The number of carbonyl (C=O) groups is 1. The van der Waals surface area contributed by atoms with Gasteiger partial charge in [-0.05, 0) is 12.1 Å². The van der Waals surface area contributed by atoms with E-state index < -0.39 is 42.9 Å². The number of rotatable bonds is 3. The van der Waals surface area contributed by atoms with E-state index in [0.717, 1.165) is 0 Å². The number of aromatic carboxylic acids is 1. The number of carboxylic acid groups (broad SMARTS) is 1. The molecule has 0 radical (unpaired) electrons. The summed E-state index contributed by atoms with van der Waals surface area (Å²) in [6.07, 6.45) is 0. The monoisotopic (exact) mass is 263 g/mol. The van der Waals surface area contributed by atoms with E-state index in [1.165, 1.54) is 0 Å². The number of phenolic OH excluding ortho intramolecular Hbond substituents is 1. The van der Waals surface area contributed by atoms with E-state index in [2.05, 4.69) is 0 Å². The maximum absolute atomic E-state index is 10.7. The van der Waals surface area contributed by atoms with Gasteiger partial charge < -0.3 is 10.2 Å². The molecule has 0 saturated heterocycles. The molecular weight excluding hydrogens is 258 g/mol. The zero-order chi connectivity index (χ0) is 13.4. The smallest absolute Gasteiger partial charge is 0.342 e. The Kier molecular flexibility index (Phi) is 3.02. The molecule has 0 aliphatic heterocycles. The van der Waals surface area contributed by atoms with Crippen molar-refractivity contribution >= 4 is 21.8 Å². The summed E-state index contributed by atoms with van der Waals surface area (Å²) < 4.78 is 30.1. The molecule has 3 N–H and O–H groups in total. The average Bonchev–Trinajstić information content (AvgIpc) is 2.13. The summed E-state index contributed by atoms with van der Waals surface area (Å²) >= 11 is 0. The molecule has 1 aromatic rings. The first-order chi connectivity index (χ1) is 7.66. The molecule has 0 bridgehead atoms. The minimum atomic E-state index is -4.88. The van der Waals surface area contributed by atoms with Crippen LogP contribution in [0.4, 0.5) is 5.69 Å². The van der Waals surface area contributed by atoms with E-state index in [4.69, 9.17) is 9.66 Å². The molecule has 9 nitrogen and oxygen atoms in total. The predicted molar refractivity (Wildman–Crippen MR) is 51.5 cm³/mol. The van der Waals surface area contributed by atoms with E-state index in [0.29, 0.717) is 12.1 Å².